The predicted molar refractivity (Wildman–Crippen MR) is 92.0 cm³/mol. The zero-order valence-electron chi connectivity index (χ0n) is 13.1. The molecule has 114 valence electrons. The van der Waals surface area contributed by atoms with E-state index in [2.05, 4.69) is 55.1 Å². The first-order valence-corrected chi connectivity index (χ1v) is 9.37. The summed E-state index contributed by atoms with van der Waals surface area (Å²) in [6, 6.07) is 0. The molecule has 3 nitrogen and oxygen atoms in total. The topological polar surface area (TPSA) is 28.2 Å². The molecule has 1 aliphatic rings. The molecule has 0 aromatic carbocycles. The summed E-state index contributed by atoms with van der Waals surface area (Å²) in [5, 5.41) is 6.86. The van der Waals surface area contributed by atoms with Crippen LogP contribution in [0, 0.1) is 5.92 Å². The molecule has 0 radical (unpaired) electrons. The molecule has 2 heterocycles. The summed E-state index contributed by atoms with van der Waals surface area (Å²) < 4.78 is 0.410. The Kier molecular flexibility index (Phi) is 5.75. The third-order valence-corrected chi connectivity index (χ3v) is 5.83. The molecule has 1 saturated heterocycles. The largest absolute Gasteiger partial charge is 0.347 e. The van der Waals surface area contributed by atoms with Crippen molar-refractivity contribution in [3.05, 3.63) is 11.1 Å². The van der Waals surface area contributed by atoms with Crippen LogP contribution in [0.5, 0.6) is 0 Å². The number of aromatic nitrogens is 1. The molecule has 0 spiro atoms. The van der Waals surface area contributed by atoms with Crippen LogP contribution >= 0.6 is 23.1 Å². The zero-order valence-corrected chi connectivity index (χ0v) is 14.7. The SMILES string of the molecule is CC(C)CNCc1csc(N2CCSC(C)(C)CC2)n1. The van der Waals surface area contributed by atoms with E-state index in [4.69, 9.17) is 4.98 Å². The number of nitrogens with zero attached hydrogens (tertiary/aromatic N) is 2. The third kappa shape index (κ3) is 4.93. The lowest BCUT2D eigenvalue weighted by Gasteiger charge is -2.22. The van der Waals surface area contributed by atoms with Gasteiger partial charge in [-0.1, -0.05) is 27.7 Å². The van der Waals surface area contributed by atoms with Gasteiger partial charge in [0.05, 0.1) is 5.69 Å². The molecule has 1 aromatic rings. The van der Waals surface area contributed by atoms with E-state index in [1.54, 1.807) is 11.3 Å². The summed E-state index contributed by atoms with van der Waals surface area (Å²) >= 11 is 3.88. The molecule has 0 unspecified atom stereocenters. The molecule has 5 heteroatoms. The number of thioether (sulfide) groups is 1. The summed E-state index contributed by atoms with van der Waals surface area (Å²) in [5.74, 6) is 1.89. The highest BCUT2D eigenvalue weighted by molar-refractivity contribution is 8.00. The lowest BCUT2D eigenvalue weighted by atomic mass is 10.1. The van der Waals surface area contributed by atoms with E-state index >= 15 is 0 Å². The van der Waals surface area contributed by atoms with Crippen molar-refractivity contribution in [3.63, 3.8) is 0 Å². The summed E-state index contributed by atoms with van der Waals surface area (Å²) in [7, 11) is 0. The Morgan fingerprint density at radius 3 is 2.95 bits per heavy atom. The smallest absolute Gasteiger partial charge is 0.185 e. The second-order valence-electron chi connectivity index (χ2n) is 6.49. The molecule has 1 N–H and O–H groups in total. The van der Waals surface area contributed by atoms with E-state index < -0.39 is 0 Å². The first-order chi connectivity index (χ1) is 9.46. The van der Waals surface area contributed by atoms with Crippen molar-refractivity contribution in [1.29, 1.82) is 0 Å². The number of rotatable bonds is 5. The van der Waals surface area contributed by atoms with E-state index in [-0.39, 0.29) is 0 Å². The van der Waals surface area contributed by atoms with Crippen LogP contribution in [-0.4, -0.2) is 35.1 Å². The predicted octanol–water partition coefficient (Wildman–Crippen LogP) is 3.61. The second-order valence-corrected chi connectivity index (χ2v) is 9.13. The fourth-order valence-corrected chi connectivity index (χ4v) is 4.20. The zero-order chi connectivity index (χ0) is 14.6. The molecule has 0 aliphatic carbocycles. The van der Waals surface area contributed by atoms with Crippen LogP contribution in [0.3, 0.4) is 0 Å². The summed E-state index contributed by atoms with van der Waals surface area (Å²) in [5.41, 5.74) is 1.18. The molecule has 0 atom stereocenters. The minimum absolute atomic E-state index is 0.410. The highest BCUT2D eigenvalue weighted by Gasteiger charge is 2.24. The van der Waals surface area contributed by atoms with Gasteiger partial charge in [0.2, 0.25) is 0 Å². The Hall–Kier alpha value is -0.260. The molecule has 20 heavy (non-hydrogen) atoms. The monoisotopic (exact) mass is 313 g/mol. The lowest BCUT2D eigenvalue weighted by Crippen LogP contribution is -2.27. The van der Waals surface area contributed by atoms with Gasteiger partial charge in [-0.25, -0.2) is 4.98 Å². The van der Waals surface area contributed by atoms with Crippen molar-refractivity contribution in [2.45, 2.75) is 45.4 Å². The van der Waals surface area contributed by atoms with Crippen molar-refractivity contribution in [2.24, 2.45) is 5.92 Å². The molecule has 1 fully saturated rings. The molecule has 1 aliphatic heterocycles. The van der Waals surface area contributed by atoms with E-state index in [9.17, 15) is 0 Å². The van der Waals surface area contributed by atoms with Crippen molar-refractivity contribution in [2.75, 3.05) is 30.3 Å². The van der Waals surface area contributed by atoms with Crippen LogP contribution in [-0.2, 0) is 6.54 Å². The van der Waals surface area contributed by atoms with Gasteiger partial charge < -0.3 is 10.2 Å². The van der Waals surface area contributed by atoms with Gasteiger partial charge in [-0.3, -0.25) is 0 Å². The fourth-order valence-electron chi connectivity index (χ4n) is 2.22. The number of nitrogens with one attached hydrogen (secondary N) is 1. The maximum Gasteiger partial charge on any atom is 0.185 e. The van der Waals surface area contributed by atoms with Crippen LogP contribution in [0.2, 0.25) is 0 Å². The van der Waals surface area contributed by atoms with Gasteiger partial charge >= 0.3 is 0 Å². The van der Waals surface area contributed by atoms with Gasteiger partial charge in [-0.15, -0.1) is 11.3 Å². The van der Waals surface area contributed by atoms with E-state index in [1.165, 1.54) is 23.0 Å². The molecule has 0 saturated carbocycles. The minimum Gasteiger partial charge on any atom is -0.347 e. The Bertz CT molecular complexity index is 415. The van der Waals surface area contributed by atoms with Crippen LogP contribution in [0.15, 0.2) is 5.38 Å². The average molecular weight is 314 g/mol. The molecular weight excluding hydrogens is 286 g/mol. The Morgan fingerprint density at radius 2 is 2.20 bits per heavy atom. The molecular formula is C15H27N3S2. The number of hydrogen-bond donors (Lipinski definition) is 1. The quantitative estimate of drug-likeness (QED) is 0.899. The first-order valence-electron chi connectivity index (χ1n) is 7.50. The van der Waals surface area contributed by atoms with Gasteiger partial charge in [-0.2, -0.15) is 11.8 Å². The highest BCUT2D eigenvalue weighted by atomic mass is 32.2. The van der Waals surface area contributed by atoms with Crippen molar-refractivity contribution >= 4 is 28.2 Å². The van der Waals surface area contributed by atoms with E-state index in [1.807, 2.05) is 0 Å². The summed E-state index contributed by atoms with van der Waals surface area (Å²) in [4.78, 5) is 7.25. The Morgan fingerprint density at radius 1 is 1.40 bits per heavy atom. The summed E-state index contributed by atoms with van der Waals surface area (Å²) in [6.07, 6.45) is 1.23. The van der Waals surface area contributed by atoms with Gasteiger partial charge in [-0.05, 0) is 18.9 Å². The van der Waals surface area contributed by atoms with Crippen LogP contribution in [0.25, 0.3) is 0 Å². The normalized spacial score (nSPS) is 19.4. The molecule has 0 bridgehead atoms. The standard InChI is InChI=1S/C15H27N3S2/c1-12(2)9-16-10-13-11-19-14(17-13)18-6-5-15(3,4)20-8-7-18/h11-12,16H,5-10H2,1-4H3. The van der Waals surface area contributed by atoms with Crippen molar-refractivity contribution in [3.8, 4) is 0 Å². The number of hydrogen-bond acceptors (Lipinski definition) is 5. The van der Waals surface area contributed by atoms with Crippen molar-refractivity contribution < 1.29 is 0 Å². The van der Waals surface area contributed by atoms with Crippen LogP contribution < -0.4 is 10.2 Å². The third-order valence-electron chi connectivity index (χ3n) is 3.51. The van der Waals surface area contributed by atoms with Gasteiger partial charge in [0.15, 0.2) is 5.13 Å². The number of thiazole rings is 1. The second kappa shape index (κ2) is 7.14. The maximum absolute atomic E-state index is 4.79. The van der Waals surface area contributed by atoms with Crippen LogP contribution in [0.4, 0.5) is 5.13 Å². The highest BCUT2D eigenvalue weighted by Crippen LogP contribution is 2.33. The number of anilines is 1. The fraction of sp³-hybridized carbons (Fsp3) is 0.800. The minimum atomic E-state index is 0.410. The Labute approximate surface area is 131 Å². The molecule has 2 rings (SSSR count). The van der Waals surface area contributed by atoms with E-state index in [0.29, 0.717) is 10.7 Å². The summed E-state index contributed by atoms with van der Waals surface area (Å²) in [6.45, 7) is 13.4. The Balaban J connectivity index is 1.88. The van der Waals surface area contributed by atoms with Gasteiger partial charge in [0.1, 0.15) is 0 Å². The van der Waals surface area contributed by atoms with E-state index in [0.717, 1.165) is 26.2 Å². The molecule has 0 amide bonds. The molecule has 1 aromatic heterocycles. The lowest BCUT2D eigenvalue weighted by molar-refractivity contribution is 0.549. The van der Waals surface area contributed by atoms with Gasteiger partial charge in [0, 0.05) is 35.5 Å². The first kappa shape index (κ1) is 16.1. The van der Waals surface area contributed by atoms with Crippen LogP contribution in [0.1, 0.15) is 39.8 Å². The maximum atomic E-state index is 4.79. The average Bonchev–Trinajstić information content (AvgIpc) is 2.74. The van der Waals surface area contributed by atoms with Crippen molar-refractivity contribution in [1.82, 2.24) is 10.3 Å². The van der Waals surface area contributed by atoms with Gasteiger partial charge in [0.25, 0.3) is 0 Å².